The van der Waals surface area contributed by atoms with Crippen LogP contribution < -0.4 is 14.8 Å². The zero-order valence-electron chi connectivity index (χ0n) is 14.7. The molecule has 26 heavy (non-hydrogen) atoms. The molecular weight excluding hydrogens is 351 g/mol. The van der Waals surface area contributed by atoms with E-state index in [-0.39, 0.29) is 31.0 Å². The summed E-state index contributed by atoms with van der Waals surface area (Å²) in [5.41, 5.74) is 0.444. The maximum atomic E-state index is 12.8. The van der Waals surface area contributed by atoms with Gasteiger partial charge in [-0.25, -0.2) is 0 Å². The third kappa shape index (κ3) is 5.37. The van der Waals surface area contributed by atoms with Crippen molar-refractivity contribution in [1.29, 1.82) is 0 Å². The number of ketones is 1. The summed E-state index contributed by atoms with van der Waals surface area (Å²) in [6.07, 6.45) is -3.28. The minimum atomic E-state index is -4.23. The number of carbonyl (C=O) groups is 2. The highest BCUT2D eigenvalue weighted by Crippen LogP contribution is 2.37. The van der Waals surface area contributed by atoms with Crippen LogP contribution >= 0.6 is 0 Å². The van der Waals surface area contributed by atoms with E-state index in [2.05, 4.69) is 5.32 Å². The monoisotopic (exact) mass is 373 g/mol. The standard InChI is InChI=1S/C18H22F3NO4/c1-11(23)12-6-7-15(16(8-12)25-2)26-10-17(24)22-14-5-3-4-13(9-14)18(19,20)21/h6-8,13-14H,3-5,9-10H2,1-2H3,(H,22,24)/t13-,14-/m1/s1. The van der Waals surface area contributed by atoms with Crippen LogP contribution in [0.3, 0.4) is 0 Å². The SMILES string of the molecule is COc1cc(C(C)=O)ccc1OCC(=O)N[C@@H]1CCC[C@@H](C(F)(F)F)C1. The van der Waals surface area contributed by atoms with Gasteiger partial charge in [0.15, 0.2) is 23.9 Å². The Kier molecular flexibility index (Phi) is 6.50. The zero-order chi connectivity index (χ0) is 19.3. The van der Waals surface area contributed by atoms with Crippen LogP contribution in [-0.2, 0) is 4.79 Å². The van der Waals surface area contributed by atoms with Crippen molar-refractivity contribution in [2.45, 2.75) is 44.8 Å². The normalized spacial score (nSPS) is 20.3. The molecule has 0 aromatic heterocycles. The summed E-state index contributed by atoms with van der Waals surface area (Å²) in [6, 6.07) is 4.06. The maximum absolute atomic E-state index is 12.8. The summed E-state index contributed by atoms with van der Waals surface area (Å²) in [5.74, 6) is -1.41. The van der Waals surface area contributed by atoms with Gasteiger partial charge in [0.1, 0.15) is 0 Å². The molecule has 0 aliphatic heterocycles. The van der Waals surface area contributed by atoms with Gasteiger partial charge in [0.05, 0.1) is 13.0 Å². The zero-order valence-corrected chi connectivity index (χ0v) is 14.7. The summed E-state index contributed by atoms with van der Waals surface area (Å²) >= 11 is 0. The molecule has 0 bridgehead atoms. The molecule has 8 heteroatoms. The highest BCUT2D eigenvalue weighted by atomic mass is 19.4. The molecule has 144 valence electrons. The molecule has 0 heterocycles. The number of amides is 1. The minimum absolute atomic E-state index is 0.103. The van der Waals surface area contributed by atoms with Crippen molar-refractivity contribution in [2.75, 3.05) is 13.7 Å². The lowest BCUT2D eigenvalue weighted by atomic mass is 9.85. The molecular formula is C18H22F3NO4. The van der Waals surface area contributed by atoms with Crippen LogP contribution in [0.25, 0.3) is 0 Å². The molecule has 1 aliphatic rings. The first-order valence-corrected chi connectivity index (χ1v) is 8.38. The van der Waals surface area contributed by atoms with E-state index >= 15 is 0 Å². The predicted molar refractivity (Wildman–Crippen MR) is 88.4 cm³/mol. The molecule has 2 atom stereocenters. The number of alkyl halides is 3. The Bertz CT molecular complexity index is 660. The number of carbonyl (C=O) groups excluding carboxylic acids is 2. The van der Waals surface area contributed by atoms with Crippen molar-refractivity contribution in [2.24, 2.45) is 5.92 Å². The van der Waals surface area contributed by atoms with Crippen molar-refractivity contribution < 1.29 is 32.2 Å². The molecule has 1 fully saturated rings. The molecule has 1 aromatic rings. The van der Waals surface area contributed by atoms with Gasteiger partial charge in [0.25, 0.3) is 5.91 Å². The smallest absolute Gasteiger partial charge is 0.391 e. The average molecular weight is 373 g/mol. The van der Waals surface area contributed by atoms with Gasteiger partial charge in [0.2, 0.25) is 0 Å². The number of methoxy groups -OCH3 is 1. The second-order valence-corrected chi connectivity index (χ2v) is 6.38. The predicted octanol–water partition coefficient (Wildman–Crippen LogP) is 3.51. The molecule has 1 aliphatic carbocycles. The van der Waals surface area contributed by atoms with Crippen LogP contribution in [0.4, 0.5) is 13.2 Å². The van der Waals surface area contributed by atoms with Crippen molar-refractivity contribution >= 4 is 11.7 Å². The van der Waals surface area contributed by atoms with Gasteiger partial charge in [-0.2, -0.15) is 13.2 Å². The lowest BCUT2D eigenvalue weighted by Gasteiger charge is -2.31. The Morgan fingerprint density at radius 2 is 1.96 bits per heavy atom. The first kappa shape index (κ1) is 20.1. The molecule has 1 aromatic carbocycles. The Morgan fingerprint density at radius 1 is 1.23 bits per heavy atom. The number of hydrogen-bond donors (Lipinski definition) is 1. The van der Waals surface area contributed by atoms with E-state index in [1.165, 1.54) is 26.2 Å². The first-order valence-electron chi connectivity index (χ1n) is 8.38. The fourth-order valence-electron chi connectivity index (χ4n) is 3.04. The molecule has 1 N–H and O–H groups in total. The van der Waals surface area contributed by atoms with Crippen LogP contribution in [0.2, 0.25) is 0 Å². The van der Waals surface area contributed by atoms with Gasteiger partial charge in [-0.3, -0.25) is 9.59 Å². The third-order valence-electron chi connectivity index (χ3n) is 4.43. The van der Waals surface area contributed by atoms with E-state index in [4.69, 9.17) is 9.47 Å². The van der Waals surface area contributed by atoms with Crippen molar-refractivity contribution in [3.05, 3.63) is 23.8 Å². The van der Waals surface area contributed by atoms with E-state index in [0.717, 1.165) is 0 Å². The van der Waals surface area contributed by atoms with Crippen LogP contribution in [-0.4, -0.2) is 37.6 Å². The highest BCUT2D eigenvalue weighted by molar-refractivity contribution is 5.94. The third-order valence-corrected chi connectivity index (χ3v) is 4.43. The lowest BCUT2D eigenvalue weighted by molar-refractivity contribution is -0.184. The first-order chi connectivity index (χ1) is 12.2. The molecule has 1 amide bonds. The van der Waals surface area contributed by atoms with E-state index < -0.39 is 24.0 Å². The topological polar surface area (TPSA) is 64.6 Å². The van der Waals surface area contributed by atoms with Crippen molar-refractivity contribution in [3.63, 3.8) is 0 Å². The van der Waals surface area contributed by atoms with Gasteiger partial charge >= 0.3 is 6.18 Å². The largest absolute Gasteiger partial charge is 0.493 e. The number of rotatable bonds is 6. The fraction of sp³-hybridized carbons (Fsp3) is 0.556. The summed E-state index contributed by atoms with van der Waals surface area (Å²) in [6.45, 7) is 1.07. The Labute approximate surface area is 149 Å². The number of nitrogens with one attached hydrogen (secondary N) is 1. The minimum Gasteiger partial charge on any atom is -0.493 e. The summed E-state index contributed by atoms with van der Waals surface area (Å²) in [5, 5.41) is 2.60. The van der Waals surface area contributed by atoms with Crippen LogP contribution in [0, 0.1) is 5.92 Å². The number of benzene rings is 1. The summed E-state index contributed by atoms with van der Waals surface area (Å²) < 4.78 is 49.0. The number of halogens is 3. The van der Waals surface area contributed by atoms with Gasteiger partial charge in [-0.05, 0) is 44.4 Å². The van der Waals surface area contributed by atoms with Gasteiger partial charge < -0.3 is 14.8 Å². The Morgan fingerprint density at radius 3 is 2.58 bits per heavy atom. The maximum Gasteiger partial charge on any atom is 0.391 e. The van der Waals surface area contributed by atoms with Gasteiger partial charge in [0, 0.05) is 11.6 Å². The summed E-state index contributed by atoms with van der Waals surface area (Å²) in [4.78, 5) is 23.4. The van der Waals surface area contributed by atoms with Crippen LogP contribution in [0.1, 0.15) is 43.0 Å². The lowest BCUT2D eigenvalue weighted by Crippen LogP contribution is -2.43. The van der Waals surface area contributed by atoms with Crippen LogP contribution in [0.5, 0.6) is 11.5 Å². The van der Waals surface area contributed by atoms with Crippen molar-refractivity contribution in [1.82, 2.24) is 5.32 Å². The van der Waals surface area contributed by atoms with Crippen molar-refractivity contribution in [3.8, 4) is 11.5 Å². The Balaban J connectivity index is 1.90. The molecule has 5 nitrogen and oxygen atoms in total. The second kappa shape index (κ2) is 8.42. The molecule has 0 radical (unpaired) electrons. The van der Waals surface area contributed by atoms with E-state index in [0.29, 0.717) is 24.2 Å². The van der Waals surface area contributed by atoms with E-state index in [1.54, 1.807) is 6.07 Å². The number of hydrogen-bond acceptors (Lipinski definition) is 4. The Hall–Kier alpha value is -2.25. The number of Topliss-reactive ketones (excluding diaryl/α,β-unsaturated/α-hetero) is 1. The van der Waals surface area contributed by atoms with E-state index in [9.17, 15) is 22.8 Å². The molecule has 0 saturated heterocycles. The average Bonchev–Trinajstić information content (AvgIpc) is 2.59. The molecule has 2 rings (SSSR count). The van der Waals surface area contributed by atoms with Gasteiger partial charge in [-0.1, -0.05) is 6.42 Å². The highest BCUT2D eigenvalue weighted by Gasteiger charge is 2.42. The van der Waals surface area contributed by atoms with E-state index in [1.807, 2.05) is 0 Å². The quantitative estimate of drug-likeness (QED) is 0.775. The van der Waals surface area contributed by atoms with Gasteiger partial charge in [-0.15, -0.1) is 0 Å². The molecule has 0 spiro atoms. The molecule has 0 unspecified atom stereocenters. The molecule has 1 saturated carbocycles. The number of ether oxygens (including phenoxy) is 2. The summed E-state index contributed by atoms with van der Waals surface area (Å²) in [7, 11) is 1.41. The fourth-order valence-corrected chi connectivity index (χ4v) is 3.04. The van der Waals surface area contributed by atoms with Crippen LogP contribution in [0.15, 0.2) is 18.2 Å². The second-order valence-electron chi connectivity index (χ2n) is 6.38.